The fourth-order valence-electron chi connectivity index (χ4n) is 1.75. The number of carbonyl (C=O) groups is 2. The van der Waals surface area contributed by atoms with Crippen LogP contribution >= 0.6 is 0 Å². The van der Waals surface area contributed by atoms with Gasteiger partial charge in [-0.2, -0.15) is 0 Å². The summed E-state index contributed by atoms with van der Waals surface area (Å²) in [6, 6.07) is 5.50. The van der Waals surface area contributed by atoms with Crippen molar-refractivity contribution in [1.82, 2.24) is 9.97 Å². The van der Waals surface area contributed by atoms with Gasteiger partial charge in [0.15, 0.2) is 0 Å². The number of anilines is 1. The van der Waals surface area contributed by atoms with Crippen molar-refractivity contribution < 1.29 is 14.3 Å². The summed E-state index contributed by atoms with van der Waals surface area (Å²) in [4.78, 5) is 31.6. The Morgan fingerprint density at radius 2 is 2.16 bits per heavy atom. The van der Waals surface area contributed by atoms with E-state index in [2.05, 4.69) is 14.7 Å². The molecule has 0 radical (unpaired) electrons. The number of ether oxygens (including phenoxy) is 1. The number of hydrogen-bond donors (Lipinski definition) is 1. The molecule has 0 aliphatic heterocycles. The molecule has 0 fully saturated rings. The van der Waals surface area contributed by atoms with Crippen LogP contribution in [0.5, 0.6) is 0 Å². The second kappa shape index (κ2) is 5.51. The van der Waals surface area contributed by atoms with Gasteiger partial charge in [-0.1, -0.05) is 0 Å². The number of hydrogen-bond acceptors (Lipinski definition) is 4. The van der Waals surface area contributed by atoms with Crippen molar-refractivity contribution >= 4 is 28.6 Å². The number of aromatic nitrogens is 2. The predicted octanol–water partition coefficient (Wildman–Crippen LogP) is 1.48. The Balaban J connectivity index is 2.07. The van der Waals surface area contributed by atoms with Crippen LogP contribution in [0.4, 0.5) is 5.69 Å². The average molecular weight is 261 g/mol. The zero-order chi connectivity index (χ0) is 13.8. The molecule has 6 nitrogen and oxygen atoms in total. The standard InChI is InChI=1S/C13H15N3O3/c1-16(12(17)5-6-13(18)19-2)9-3-4-10-11(7-9)15-8-14-10/h3-4,7-8H,5-6H2,1-2H3,(H,14,15). The van der Waals surface area contributed by atoms with Crippen molar-refractivity contribution in [3.63, 3.8) is 0 Å². The zero-order valence-corrected chi connectivity index (χ0v) is 10.8. The number of esters is 1. The van der Waals surface area contributed by atoms with Gasteiger partial charge in [0.05, 0.1) is 30.9 Å². The van der Waals surface area contributed by atoms with Crippen LogP contribution in [-0.4, -0.2) is 36.0 Å². The molecule has 0 aliphatic rings. The Bertz CT molecular complexity index is 606. The van der Waals surface area contributed by atoms with Gasteiger partial charge in [0.2, 0.25) is 5.91 Å². The summed E-state index contributed by atoms with van der Waals surface area (Å²) in [5.74, 6) is -0.518. The van der Waals surface area contributed by atoms with Gasteiger partial charge in [-0.3, -0.25) is 9.59 Å². The summed E-state index contributed by atoms with van der Waals surface area (Å²) >= 11 is 0. The van der Waals surface area contributed by atoms with Crippen molar-refractivity contribution in [1.29, 1.82) is 0 Å². The molecule has 100 valence electrons. The zero-order valence-electron chi connectivity index (χ0n) is 10.8. The summed E-state index contributed by atoms with van der Waals surface area (Å²) in [6.45, 7) is 0. The average Bonchev–Trinajstić information content (AvgIpc) is 2.90. The SMILES string of the molecule is COC(=O)CCC(=O)N(C)c1ccc2nc[nH]c2c1. The number of carbonyl (C=O) groups excluding carboxylic acids is 2. The Hall–Kier alpha value is -2.37. The first-order valence-corrected chi connectivity index (χ1v) is 5.88. The van der Waals surface area contributed by atoms with Gasteiger partial charge in [-0.05, 0) is 18.2 Å². The van der Waals surface area contributed by atoms with Crippen LogP contribution in [0.2, 0.25) is 0 Å². The number of rotatable bonds is 4. The molecule has 0 saturated carbocycles. The quantitative estimate of drug-likeness (QED) is 0.846. The normalized spacial score (nSPS) is 10.4. The smallest absolute Gasteiger partial charge is 0.306 e. The summed E-state index contributed by atoms with van der Waals surface area (Å²) in [5, 5.41) is 0. The third kappa shape index (κ3) is 2.90. The number of aromatic amines is 1. The minimum absolute atomic E-state index is 0.0893. The van der Waals surface area contributed by atoms with Crippen molar-refractivity contribution in [3.8, 4) is 0 Å². The molecule has 0 aliphatic carbocycles. The number of H-pyrrole nitrogens is 1. The summed E-state index contributed by atoms with van der Waals surface area (Å²) in [7, 11) is 2.99. The highest BCUT2D eigenvalue weighted by molar-refractivity contribution is 5.96. The molecule has 19 heavy (non-hydrogen) atoms. The Morgan fingerprint density at radius 3 is 2.89 bits per heavy atom. The van der Waals surface area contributed by atoms with Crippen LogP contribution in [0.15, 0.2) is 24.5 Å². The molecule has 1 heterocycles. The molecule has 1 N–H and O–H groups in total. The summed E-state index contributed by atoms with van der Waals surface area (Å²) in [6.07, 6.45) is 1.82. The van der Waals surface area contributed by atoms with Gasteiger partial charge in [0.1, 0.15) is 0 Å². The molecule has 0 atom stereocenters. The first-order valence-electron chi connectivity index (χ1n) is 5.88. The van der Waals surface area contributed by atoms with E-state index in [9.17, 15) is 9.59 Å². The molecular weight excluding hydrogens is 246 g/mol. The Labute approximate surface area is 110 Å². The third-order valence-electron chi connectivity index (χ3n) is 2.94. The number of benzene rings is 1. The summed E-state index contributed by atoms with van der Waals surface area (Å²) in [5.41, 5.74) is 2.47. The van der Waals surface area contributed by atoms with Crippen LogP contribution < -0.4 is 4.90 Å². The topological polar surface area (TPSA) is 75.3 Å². The maximum Gasteiger partial charge on any atom is 0.306 e. The number of nitrogens with one attached hydrogen (secondary N) is 1. The molecule has 0 unspecified atom stereocenters. The number of imidazole rings is 1. The van der Waals surface area contributed by atoms with Gasteiger partial charge in [-0.15, -0.1) is 0 Å². The minimum Gasteiger partial charge on any atom is -0.469 e. The van der Waals surface area contributed by atoms with E-state index >= 15 is 0 Å². The van der Waals surface area contributed by atoms with E-state index in [1.165, 1.54) is 12.0 Å². The maximum atomic E-state index is 11.9. The minimum atomic E-state index is -0.384. The summed E-state index contributed by atoms with van der Waals surface area (Å²) < 4.78 is 4.51. The molecule has 0 saturated heterocycles. The highest BCUT2D eigenvalue weighted by atomic mass is 16.5. The lowest BCUT2D eigenvalue weighted by Crippen LogP contribution is -2.26. The van der Waals surface area contributed by atoms with Crippen molar-refractivity contribution in [2.75, 3.05) is 19.1 Å². The molecular formula is C13H15N3O3. The fraction of sp³-hybridized carbons (Fsp3) is 0.308. The van der Waals surface area contributed by atoms with E-state index in [-0.39, 0.29) is 24.7 Å². The lowest BCUT2D eigenvalue weighted by atomic mass is 10.2. The van der Waals surface area contributed by atoms with Crippen molar-refractivity contribution in [3.05, 3.63) is 24.5 Å². The van der Waals surface area contributed by atoms with E-state index in [0.29, 0.717) is 0 Å². The number of fused-ring (bicyclic) bond motifs is 1. The van der Waals surface area contributed by atoms with Gasteiger partial charge >= 0.3 is 5.97 Å². The van der Waals surface area contributed by atoms with E-state index in [1.807, 2.05) is 18.2 Å². The van der Waals surface area contributed by atoms with Crippen LogP contribution in [0, 0.1) is 0 Å². The predicted molar refractivity (Wildman–Crippen MR) is 70.8 cm³/mol. The molecule has 1 aromatic carbocycles. The number of amides is 1. The van der Waals surface area contributed by atoms with Gasteiger partial charge in [0.25, 0.3) is 0 Å². The van der Waals surface area contributed by atoms with Crippen molar-refractivity contribution in [2.24, 2.45) is 0 Å². The largest absolute Gasteiger partial charge is 0.469 e. The van der Waals surface area contributed by atoms with Gasteiger partial charge in [0, 0.05) is 19.2 Å². The Morgan fingerprint density at radius 1 is 1.37 bits per heavy atom. The highest BCUT2D eigenvalue weighted by Crippen LogP contribution is 2.19. The third-order valence-corrected chi connectivity index (χ3v) is 2.94. The molecule has 1 aromatic heterocycles. The fourth-order valence-corrected chi connectivity index (χ4v) is 1.75. The van der Waals surface area contributed by atoms with Gasteiger partial charge < -0.3 is 14.6 Å². The molecule has 2 rings (SSSR count). The first-order chi connectivity index (χ1) is 9.11. The lowest BCUT2D eigenvalue weighted by molar-refractivity contribution is -0.141. The lowest BCUT2D eigenvalue weighted by Gasteiger charge is -2.17. The van der Waals surface area contributed by atoms with Crippen LogP contribution in [0.3, 0.4) is 0 Å². The second-order valence-corrected chi connectivity index (χ2v) is 4.13. The van der Waals surface area contributed by atoms with Gasteiger partial charge in [-0.25, -0.2) is 4.98 Å². The molecule has 0 spiro atoms. The van der Waals surface area contributed by atoms with E-state index in [4.69, 9.17) is 0 Å². The van der Waals surface area contributed by atoms with Crippen LogP contribution in [0.1, 0.15) is 12.8 Å². The van der Waals surface area contributed by atoms with Crippen LogP contribution in [0.25, 0.3) is 11.0 Å². The first kappa shape index (κ1) is 13.1. The highest BCUT2D eigenvalue weighted by Gasteiger charge is 2.13. The molecule has 0 bridgehead atoms. The maximum absolute atomic E-state index is 11.9. The van der Waals surface area contributed by atoms with E-state index < -0.39 is 0 Å². The second-order valence-electron chi connectivity index (χ2n) is 4.13. The molecule has 1 amide bonds. The van der Waals surface area contributed by atoms with E-state index in [0.717, 1.165) is 16.7 Å². The van der Waals surface area contributed by atoms with E-state index in [1.54, 1.807) is 13.4 Å². The number of nitrogens with zero attached hydrogens (tertiary/aromatic N) is 2. The Kier molecular flexibility index (Phi) is 3.79. The van der Waals surface area contributed by atoms with Crippen molar-refractivity contribution in [2.45, 2.75) is 12.8 Å². The van der Waals surface area contributed by atoms with Crippen LogP contribution in [-0.2, 0) is 14.3 Å². The monoisotopic (exact) mass is 261 g/mol. The molecule has 2 aromatic rings. The number of methoxy groups -OCH3 is 1. The molecule has 6 heteroatoms.